The standard InChI is InChI=1S/2C9H11.CH2.2ClH.Zr/c2*1-2-5-9-7-3-6-8(9)4-1;;;;/h2*3,6-7H,1-2,4-5H2;1H2;2*1H;/q;;;;;+2/p-2. The summed E-state index contributed by atoms with van der Waals surface area (Å²) in [5.41, 5.74) is 7.03. The second-order valence-corrected chi connectivity index (χ2v) is 12.6. The van der Waals surface area contributed by atoms with E-state index in [0.29, 0.717) is 0 Å². The molecule has 0 aromatic rings. The SMILES string of the molecule is [CH2]=[Zr+2]([CH]1C=CC2=C1CCCC2)[CH]1C=CC2=C1CCCC2.[Cl-].[Cl-]. The molecule has 4 aliphatic rings. The van der Waals surface area contributed by atoms with E-state index in [1.54, 1.807) is 11.1 Å². The summed E-state index contributed by atoms with van der Waals surface area (Å²) in [7, 11) is 0. The molecule has 0 saturated heterocycles. The largest absolute Gasteiger partial charge is 1.00 e. The average molecular weight is 415 g/mol. The zero-order valence-electron chi connectivity index (χ0n) is 13.1. The average Bonchev–Trinajstić information content (AvgIpc) is 3.11. The fourth-order valence-electron chi connectivity index (χ4n) is 4.54. The van der Waals surface area contributed by atoms with Crippen molar-refractivity contribution in [2.75, 3.05) is 0 Å². The Balaban J connectivity index is 0.000000882. The first-order valence-corrected chi connectivity index (χ1v) is 12.9. The maximum atomic E-state index is 4.81. The van der Waals surface area contributed by atoms with Crippen LogP contribution in [0.5, 0.6) is 0 Å². The summed E-state index contributed by atoms with van der Waals surface area (Å²) in [5.74, 6) is 0. The Bertz CT molecular complexity index is 530. The molecule has 0 amide bonds. The van der Waals surface area contributed by atoms with E-state index in [4.69, 9.17) is 4.21 Å². The number of hydrogen-bond acceptors (Lipinski definition) is 0. The molecule has 0 N–H and O–H groups in total. The molecule has 3 heteroatoms. The van der Waals surface area contributed by atoms with Crippen molar-refractivity contribution in [3.05, 3.63) is 46.6 Å². The second kappa shape index (κ2) is 7.91. The molecular formula is C19H24Cl2Zr. The molecule has 0 bridgehead atoms. The Kier molecular flexibility index (Phi) is 6.70. The van der Waals surface area contributed by atoms with Crippen molar-refractivity contribution in [2.24, 2.45) is 0 Å². The molecule has 2 unspecified atom stereocenters. The molecule has 2 atom stereocenters. The van der Waals surface area contributed by atoms with Crippen LogP contribution in [-0.4, -0.2) is 4.21 Å². The molecule has 0 radical (unpaired) electrons. The van der Waals surface area contributed by atoms with Crippen molar-refractivity contribution in [2.45, 2.75) is 58.6 Å². The monoisotopic (exact) mass is 412 g/mol. The van der Waals surface area contributed by atoms with Crippen LogP contribution in [-0.2, 0) is 21.3 Å². The smallest absolute Gasteiger partial charge is 1.00 e. The summed E-state index contributed by atoms with van der Waals surface area (Å²) in [4.78, 5) is 0. The molecule has 0 fully saturated rings. The van der Waals surface area contributed by atoms with Crippen LogP contribution in [0.3, 0.4) is 0 Å². The van der Waals surface area contributed by atoms with Gasteiger partial charge in [0.2, 0.25) is 0 Å². The maximum Gasteiger partial charge on any atom is -1.00 e. The van der Waals surface area contributed by atoms with Crippen molar-refractivity contribution in [1.29, 1.82) is 0 Å². The van der Waals surface area contributed by atoms with Gasteiger partial charge in [0.1, 0.15) is 0 Å². The quantitative estimate of drug-likeness (QED) is 0.572. The van der Waals surface area contributed by atoms with Gasteiger partial charge < -0.3 is 24.8 Å². The molecule has 4 rings (SSSR count). The summed E-state index contributed by atoms with van der Waals surface area (Å²) < 4.78 is 6.44. The maximum absolute atomic E-state index is 4.81. The Morgan fingerprint density at radius 2 is 1.14 bits per heavy atom. The number of rotatable bonds is 2. The third-order valence-electron chi connectivity index (χ3n) is 5.64. The Labute approximate surface area is 154 Å². The molecule has 0 aliphatic heterocycles. The van der Waals surface area contributed by atoms with Gasteiger partial charge in [-0.05, 0) is 0 Å². The van der Waals surface area contributed by atoms with Gasteiger partial charge in [0.05, 0.1) is 0 Å². The van der Waals surface area contributed by atoms with Crippen LogP contribution in [0.2, 0.25) is 7.25 Å². The molecule has 0 spiro atoms. The third kappa shape index (κ3) is 3.24. The minimum absolute atomic E-state index is 0. The van der Waals surface area contributed by atoms with Crippen LogP contribution in [0.15, 0.2) is 46.6 Å². The minimum Gasteiger partial charge on any atom is -1.00 e. The molecule has 0 heterocycles. The van der Waals surface area contributed by atoms with E-state index in [9.17, 15) is 0 Å². The molecule has 4 aliphatic carbocycles. The van der Waals surface area contributed by atoms with Gasteiger partial charge in [0, 0.05) is 0 Å². The molecule has 118 valence electrons. The summed E-state index contributed by atoms with van der Waals surface area (Å²) in [6.07, 6.45) is 21.1. The van der Waals surface area contributed by atoms with Gasteiger partial charge in [-0.1, -0.05) is 0 Å². The van der Waals surface area contributed by atoms with Crippen molar-refractivity contribution >= 4 is 4.21 Å². The fraction of sp³-hybridized carbons (Fsp3) is 0.526. The predicted molar refractivity (Wildman–Crippen MR) is 83.9 cm³/mol. The number of hydrogen-bond donors (Lipinski definition) is 0. The van der Waals surface area contributed by atoms with E-state index in [1.807, 2.05) is 11.1 Å². The number of halogens is 2. The van der Waals surface area contributed by atoms with Crippen LogP contribution in [0.25, 0.3) is 0 Å². The van der Waals surface area contributed by atoms with Crippen molar-refractivity contribution < 1.29 is 46.1 Å². The molecule has 0 aromatic heterocycles. The van der Waals surface area contributed by atoms with E-state index in [-0.39, 0.29) is 24.8 Å². The Hall–Kier alpha value is 0.293. The topological polar surface area (TPSA) is 0 Å². The van der Waals surface area contributed by atoms with Crippen LogP contribution in [0.1, 0.15) is 51.4 Å². The van der Waals surface area contributed by atoms with Gasteiger partial charge in [-0.2, -0.15) is 0 Å². The van der Waals surface area contributed by atoms with Crippen molar-refractivity contribution in [3.63, 3.8) is 0 Å². The van der Waals surface area contributed by atoms with Crippen molar-refractivity contribution in [1.82, 2.24) is 0 Å². The normalized spacial score (nSPS) is 28.5. The zero-order chi connectivity index (χ0) is 13.5. The van der Waals surface area contributed by atoms with E-state index in [1.165, 1.54) is 51.4 Å². The van der Waals surface area contributed by atoms with Gasteiger partial charge in [-0.25, -0.2) is 0 Å². The van der Waals surface area contributed by atoms with Crippen LogP contribution in [0.4, 0.5) is 0 Å². The van der Waals surface area contributed by atoms with Crippen LogP contribution < -0.4 is 24.8 Å². The van der Waals surface area contributed by atoms with Gasteiger partial charge in [-0.3, -0.25) is 0 Å². The van der Waals surface area contributed by atoms with E-state index >= 15 is 0 Å². The van der Waals surface area contributed by atoms with E-state index < -0.39 is 21.3 Å². The predicted octanol–water partition coefficient (Wildman–Crippen LogP) is -0.498. The van der Waals surface area contributed by atoms with E-state index in [2.05, 4.69) is 24.3 Å². The third-order valence-corrected chi connectivity index (χ3v) is 12.2. The first-order chi connectivity index (χ1) is 9.84. The van der Waals surface area contributed by atoms with Gasteiger partial charge in [-0.15, -0.1) is 0 Å². The molecule has 0 nitrogen and oxygen atoms in total. The van der Waals surface area contributed by atoms with Gasteiger partial charge in [0.15, 0.2) is 0 Å². The number of allylic oxidation sites excluding steroid dienone is 8. The molecular weight excluding hydrogens is 390 g/mol. The van der Waals surface area contributed by atoms with Crippen molar-refractivity contribution in [3.8, 4) is 0 Å². The second-order valence-electron chi connectivity index (χ2n) is 6.76. The molecule has 0 aromatic carbocycles. The van der Waals surface area contributed by atoms with Gasteiger partial charge in [0.25, 0.3) is 0 Å². The zero-order valence-corrected chi connectivity index (χ0v) is 17.1. The van der Waals surface area contributed by atoms with Crippen LogP contribution >= 0.6 is 0 Å². The fourth-order valence-corrected chi connectivity index (χ4v) is 11.0. The van der Waals surface area contributed by atoms with E-state index in [0.717, 1.165) is 7.25 Å². The van der Waals surface area contributed by atoms with Gasteiger partial charge >= 0.3 is 131 Å². The first kappa shape index (κ1) is 18.6. The van der Waals surface area contributed by atoms with Crippen LogP contribution in [0, 0.1) is 0 Å². The molecule has 22 heavy (non-hydrogen) atoms. The summed E-state index contributed by atoms with van der Waals surface area (Å²) in [5, 5.41) is 0. The summed E-state index contributed by atoms with van der Waals surface area (Å²) in [6, 6.07) is 0. The Morgan fingerprint density at radius 3 is 1.59 bits per heavy atom. The summed E-state index contributed by atoms with van der Waals surface area (Å²) >= 11 is -1.68. The minimum atomic E-state index is -1.68. The molecule has 0 saturated carbocycles. The first-order valence-electron chi connectivity index (χ1n) is 8.33. The summed E-state index contributed by atoms with van der Waals surface area (Å²) in [6.45, 7) is 0. The Morgan fingerprint density at radius 1 is 0.727 bits per heavy atom.